The number of hydrogen-bond acceptors (Lipinski definition) is 1. The van der Waals surface area contributed by atoms with Gasteiger partial charge in [-0.1, -0.05) is 12.6 Å². The maximum atomic E-state index is 8.86. The average Bonchev–Trinajstić information content (AvgIpc) is 0.811. The Hall–Kier alpha value is 0.560. The Morgan fingerprint density at radius 1 is 1.80 bits per heavy atom. The van der Waals surface area contributed by atoms with Gasteiger partial charge in [-0.25, -0.2) is 4.79 Å². The van der Waals surface area contributed by atoms with Crippen molar-refractivity contribution < 1.29 is 32.3 Å². The van der Waals surface area contributed by atoms with Crippen LogP contribution < -0.4 is 0 Å². The van der Waals surface area contributed by atoms with Gasteiger partial charge in [0.1, 0.15) is 0 Å². The summed E-state index contributed by atoms with van der Waals surface area (Å²) in [5.41, 5.74) is 0. The van der Waals surface area contributed by atoms with Crippen molar-refractivity contribution in [3.05, 3.63) is 0 Å². The van der Waals surface area contributed by atoms with Crippen LogP contribution in [-0.2, 0) is 22.4 Å². The Bertz CT molecular complexity index is 32.6. The molecule has 35 valence electrons. The first-order valence-corrected chi connectivity index (χ1v) is 1.10. The molecule has 0 unspecified atom stereocenters. The van der Waals surface area contributed by atoms with E-state index >= 15 is 0 Å². The second kappa shape index (κ2) is 4.56. The van der Waals surface area contributed by atoms with Crippen LogP contribution in [0, 0.1) is 0 Å². The maximum Gasteiger partial charge on any atom is 0.361 e. The third-order valence-electron chi connectivity index (χ3n) is 0. The van der Waals surface area contributed by atoms with Gasteiger partial charge in [-0.05, 0) is 0 Å². The fourth-order valence-corrected chi connectivity index (χ4v) is 0. The van der Waals surface area contributed by atoms with Crippen molar-refractivity contribution in [2.75, 3.05) is 0 Å². The summed E-state index contributed by atoms with van der Waals surface area (Å²) in [6, 6.07) is 0. The standard InChI is InChI=1S/CH2O2S.Ag/c2-1(3)4;/h4H,(H,2,3);. The smallest absolute Gasteiger partial charge is 0.361 e. The van der Waals surface area contributed by atoms with E-state index in [0.717, 1.165) is 0 Å². The van der Waals surface area contributed by atoms with E-state index in [1.54, 1.807) is 0 Å². The van der Waals surface area contributed by atoms with E-state index in [9.17, 15) is 0 Å². The average molecular weight is 186 g/mol. The third kappa shape index (κ3) is 95.2. The third-order valence-corrected chi connectivity index (χ3v) is 0. The van der Waals surface area contributed by atoms with Crippen molar-refractivity contribution >= 4 is 17.9 Å². The summed E-state index contributed by atoms with van der Waals surface area (Å²) >= 11 is 2.88. The van der Waals surface area contributed by atoms with Crippen molar-refractivity contribution in [3.63, 3.8) is 0 Å². The van der Waals surface area contributed by atoms with Crippen molar-refractivity contribution in [3.8, 4) is 0 Å². The second-order valence-corrected chi connectivity index (χ2v) is 0.665. The van der Waals surface area contributed by atoms with Gasteiger partial charge in [0.15, 0.2) is 0 Å². The zero-order valence-corrected chi connectivity index (χ0v) is 4.48. The Balaban J connectivity index is 0. The van der Waals surface area contributed by atoms with Gasteiger partial charge in [0.25, 0.3) is 0 Å². The molecule has 1 N–H and O–H groups in total. The summed E-state index contributed by atoms with van der Waals surface area (Å²) in [4.78, 5) is 8.86. The first-order valence-electron chi connectivity index (χ1n) is 0.651. The van der Waals surface area contributed by atoms with Crippen LogP contribution in [0.15, 0.2) is 0 Å². The number of thiol groups is 1. The Morgan fingerprint density at radius 2 is 1.80 bits per heavy atom. The van der Waals surface area contributed by atoms with Crippen molar-refractivity contribution in [1.29, 1.82) is 0 Å². The summed E-state index contributed by atoms with van der Waals surface area (Å²) < 4.78 is 0. The molecule has 0 spiro atoms. The van der Waals surface area contributed by atoms with Gasteiger partial charge in [0.05, 0.1) is 0 Å². The van der Waals surface area contributed by atoms with Crippen LogP contribution in [0.2, 0.25) is 0 Å². The van der Waals surface area contributed by atoms with Crippen LogP contribution >= 0.6 is 12.6 Å². The largest absolute Gasteiger partial charge is 0.473 e. The Labute approximate surface area is 50.5 Å². The van der Waals surface area contributed by atoms with Gasteiger partial charge >= 0.3 is 5.30 Å². The molecule has 1 radical (unpaired) electrons. The minimum absolute atomic E-state index is 0. The minimum atomic E-state index is -1.14. The Kier molecular flexibility index (Phi) is 8.32. The predicted octanol–water partition coefficient (Wildman–Crippen LogP) is 0.592. The molecule has 0 fully saturated rings. The predicted molar refractivity (Wildman–Crippen MR) is 17.0 cm³/mol. The summed E-state index contributed by atoms with van der Waals surface area (Å²) in [5.74, 6) is 0. The molecule has 0 atom stereocenters. The molecular weight excluding hydrogens is 184 g/mol. The number of carboxylic acid groups (broad SMARTS) is 1. The first-order chi connectivity index (χ1) is 1.73. The van der Waals surface area contributed by atoms with Gasteiger partial charge in [-0.2, -0.15) is 0 Å². The molecule has 0 aliphatic heterocycles. The van der Waals surface area contributed by atoms with Crippen molar-refractivity contribution in [2.45, 2.75) is 0 Å². The summed E-state index contributed by atoms with van der Waals surface area (Å²) in [7, 11) is 0. The SMILES string of the molecule is O=C(O)S.[Ag]. The van der Waals surface area contributed by atoms with Gasteiger partial charge < -0.3 is 5.11 Å². The molecule has 0 aliphatic rings. The number of rotatable bonds is 0. The van der Waals surface area contributed by atoms with E-state index in [2.05, 4.69) is 12.6 Å². The molecule has 0 heterocycles. The molecule has 0 aliphatic carbocycles. The molecule has 5 heavy (non-hydrogen) atoms. The fraction of sp³-hybridized carbons (Fsp3) is 0. The second-order valence-electron chi connectivity index (χ2n) is 0.283. The van der Waals surface area contributed by atoms with Crippen LogP contribution in [0.1, 0.15) is 0 Å². The summed E-state index contributed by atoms with van der Waals surface area (Å²) in [5, 5.41) is 6.14. The fourth-order valence-electron chi connectivity index (χ4n) is 0. The van der Waals surface area contributed by atoms with E-state index in [1.165, 1.54) is 0 Å². The van der Waals surface area contributed by atoms with Crippen LogP contribution in [0.25, 0.3) is 0 Å². The van der Waals surface area contributed by atoms with Gasteiger partial charge in [-0.3, -0.25) is 0 Å². The summed E-state index contributed by atoms with van der Waals surface area (Å²) in [6.45, 7) is 0. The minimum Gasteiger partial charge on any atom is -0.473 e. The van der Waals surface area contributed by atoms with Gasteiger partial charge in [0.2, 0.25) is 0 Å². The van der Waals surface area contributed by atoms with E-state index in [0.29, 0.717) is 0 Å². The van der Waals surface area contributed by atoms with Gasteiger partial charge in [-0.15, -0.1) is 0 Å². The topological polar surface area (TPSA) is 37.3 Å². The van der Waals surface area contributed by atoms with Crippen molar-refractivity contribution in [1.82, 2.24) is 0 Å². The van der Waals surface area contributed by atoms with E-state index in [4.69, 9.17) is 9.90 Å². The quantitative estimate of drug-likeness (QED) is 0.429. The number of carbonyl (C=O) groups is 1. The molecule has 0 amide bonds. The molecule has 0 aromatic carbocycles. The van der Waals surface area contributed by atoms with E-state index in [-0.39, 0.29) is 22.4 Å². The monoisotopic (exact) mass is 185 g/mol. The maximum absolute atomic E-state index is 8.86. The zero-order valence-electron chi connectivity index (χ0n) is 2.10. The van der Waals surface area contributed by atoms with Crippen LogP contribution in [-0.4, -0.2) is 10.4 Å². The van der Waals surface area contributed by atoms with E-state index in [1.807, 2.05) is 0 Å². The van der Waals surface area contributed by atoms with Gasteiger partial charge in [0, 0.05) is 22.4 Å². The molecule has 0 saturated carbocycles. The molecule has 0 bridgehead atoms. The van der Waals surface area contributed by atoms with Crippen molar-refractivity contribution in [2.24, 2.45) is 0 Å². The molecule has 0 rings (SSSR count). The zero-order chi connectivity index (χ0) is 3.58. The van der Waals surface area contributed by atoms with E-state index < -0.39 is 5.30 Å². The van der Waals surface area contributed by atoms with Crippen LogP contribution in [0.4, 0.5) is 4.79 Å². The molecule has 0 aromatic rings. The molecular formula is CH2AgO2S. The first kappa shape index (κ1) is 9.12. The van der Waals surface area contributed by atoms with Crippen LogP contribution in [0.3, 0.4) is 0 Å². The molecule has 4 heteroatoms. The molecule has 0 aromatic heterocycles. The molecule has 0 saturated heterocycles. The summed E-state index contributed by atoms with van der Waals surface area (Å²) in [6.07, 6.45) is 0. The van der Waals surface area contributed by atoms with Crippen LogP contribution in [0.5, 0.6) is 0 Å². The normalized spacial score (nSPS) is 5.00. The number of hydrogen-bond donors (Lipinski definition) is 2. The Morgan fingerprint density at radius 3 is 1.80 bits per heavy atom. The molecule has 2 nitrogen and oxygen atoms in total.